The lowest BCUT2D eigenvalue weighted by molar-refractivity contribution is -0.134. The van der Waals surface area contributed by atoms with Crippen LogP contribution in [0.5, 0.6) is 0 Å². The number of aliphatic carboxylic acids is 2. The van der Waals surface area contributed by atoms with Crippen LogP contribution in [0.25, 0.3) is 0 Å². The Hall–Kier alpha value is -2.31. The predicted molar refractivity (Wildman–Crippen MR) is 44.2 cm³/mol. The Bertz CT molecular complexity index is 269. The van der Waals surface area contributed by atoms with Crippen molar-refractivity contribution in [1.82, 2.24) is 15.0 Å². The van der Waals surface area contributed by atoms with Gasteiger partial charge in [-0.1, -0.05) is 0 Å². The number of nitrogens with zero attached hydrogens (tertiary/aromatic N) is 3. The Morgan fingerprint density at radius 1 is 0.857 bits per heavy atom. The highest BCUT2D eigenvalue weighted by Crippen LogP contribution is 1.70. The van der Waals surface area contributed by atoms with Crippen molar-refractivity contribution in [3.05, 3.63) is 31.1 Å². The maximum absolute atomic E-state index is 9.55. The van der Waals surface area contributed by atoms with Crippen molar-refractivity contribution in [3.8, 4) is 0 Å². The van der Waals surface area contributed by atoms with Crippen LogP contribution < -0.4 is 0 Å². The third-order valence-corrected chi connectivity index (χ3v) is 0.768. The van der Waals surface area contributed by atoms with Gasteiger partial charge >= 0.3 is 11.9 Å². The van der Waals surface area contributed by atoms with E-state index in [2.05, 4.69) is 15.0 Å². The summed E-state index contributed by atoms with van der Waals surface area (Å²) >= 11 is 0. The molecule has 0 spiro atoms. The Labute approximate surface area is 78.8 Å². The second-order valence-corrected chi connectivity index (χ2v) is 1.80. The molecule has 1 aromatic heterocycles. The van der Waals surface area contributed by atoms with Gasteiger partial charge in [-0.25, -0.2) is 24.5 Å². The van der Waals surface area contributed by atoms with Gasteiger partial charge in [0, 0.05) is 12.2 Å². The average molecular weight is 197 g/mol. The van der Waals surface area contributed by atoms with Crippen molar-refractivity contribution in [2.45, 2.75) is 0 Å². The molecule has 74 valence electrons. The van der Waals surface area contributed by atoms with E-state index in [0.717, 1.165) is 0 Å². The smallest absolute Gasteiger partial charge is 0.328 e. The molecule has 1 rings (SSSR count). The molecule has 0 bridgehead atoms. The first kappa shape index (κ1) is 11.7. The largest absolute Gasteiger partial charge is 0.478 e. The molecule has 0 aliphatic carbocycles. The summed E-state index contributed by atoms with van der Waals surface area (Å²) in [5, 5.41) is 15.6. The van der Waals surface area contributed by atoms with E-state index in [1.165, 1.54) is 19.0 Å². The molecule has 0 aromatic carbocycles. The van der Waals surface area contributed by atoms with E-state index in [-0.39, 0.29) is 0 Å². The summed E-state index contributed by atoms with van der Waals surface area (Å²) in [6, 6.07) is 0. The van der Waals surface area contributed by atoms with Crippen LogP contribution in [-0.4, -0.2) is 37.1 Å². The monoisotopic (exact) mass is 197 g/mol. The first-order valence-corrected chi connectivity index (χ1v) is 3.32. The summed E-state index contributed by atoms with van der Waals surface area (Å²) in [6.07, 6.45) is 5.43. The van der Waals surface area contributed by atoms with Crippen LogP contribution in [0.2, 0.25) is 0 Å². The molecule has 1 aromatic rings. The summed E-state index contributed by atoms with van der Waals surface area (Å²) < 4.78 is 0. The molecule has 0 fully saturated rings. The first-order chi connectivity index (χ1) is 6.63. The number of rotatable bonds is 2. The van der Waals surface area contributed by atoms with Crippen molar-refractivity contribution in [2.24, 2.45) is 0 Å². The lowest BCUT2D eigenvalue weighted by Gasteiger charge is -1.74. The van der Waals surface area contributed by atoms with Crippen molar-refractivity contribution < 1.29 is 19.8 Å². The molecular weight excluding hydrogens is 190 g/mol. The second-order valence-electron chi connectivity index (χ2n) is 1.80. The zero-order valence-electron chi connectivity index (χ0n) is 6.94. The van der Waals surface area contributed by atoms with Crippen LogP contribution in [0.1, 0.15) is 0 Å². The van der Waals surface area contributed by atoms with Crippen LogP contribution in [0.4, 0.5) is 0 Å². The minimum absolute atomic E-state index is 0.558. The molecule has 1 heterocycles. The van der Waals surface area contributed by atoms with Gasteiger partial charge < -0.3 is 10.2 Å². The van der Waals surface area contributed by atoms with E-state index >= 15 is 0 Å². The maximum atomic E-state index is 9.55. The summed E-state index contributed by atoms with van der Waals surface area (Å²) in [7, 11) is 0. The third-order valence-electron chi connectivity index (χ3n) is 0.768. The van der Waals surface area contributed by atoms with Gasteiger partial charge in [0.2, 0.25) is 0 Å². The van der Waals surface area contributed by atoms with Crippen molar-refractivity contribution >= 4 is 11.9 Å². The molecule has 14 heavy (non-hydrogen) atoms. The van der Waals surface area contributed by atoms with Gasteiger partial charge in [-0.3, -0.25) is 0 Å². The minimum atomic E-state index is -1.26. The van der Waals surface area contributed by atoms with E-state index in [4.69, 9.17) is 10.2 Å². The Morgan fingerprint density at radius 3 is 1.29 bits per heavy atom. The van der Waals surface area contributed by atoms with E-state index < -0.39 is 11.9 Å². The van der Waals surface area contributed by atoms with Gasteiger partial charge in [0.25, 0.3) is 0 Å². The zero-order chi connectivity index (χ0) is 10.8. The van der Waals surface area contributed by atoms with Crippen LogP contribution in [0.15, 0.2) is 31.1 Å². The number of carboxylic acid groups (broad SMARTS) is 2. The fraction of sp³-hybridized carbons (Fsp3) is 0. The van der Waals surface area contributed by atoms with Crippen LogP contribution >= 0.6 is 0 Å². The number of hydrogen-bond donors (Lipinski definition) is 2. The Morgan fingerprint density at radius 2 is 1.14 bits per heavy atom. The molecule has 0 aliphatic heterocycles. The van der Waals surface area contributed by atoms with Crippen molar-refractivity contribution in [2.75, 3.05) is 0 Å². The fourth-order valence-corrected chi connectivity index (χ4v) is 0.347. The van der Waals surface area contributed by atoms with Gasteiger partial charge in [-0.2, -0.15) is 0 Å². The Balaban J connectivity index is 0.000000249. The van der Waals surface area contributed by atoms with E-state index in [1.807, 2.05) is 0 Å². The van der Waals surface area contributed by atoms with Gasteiger partial charge in [-0.05, 0) is 0 Å². The standard InChI is InChI=1S/C4H4O4.C3H3N3/c5-3(6)1-2-4(7)8;1-4-2-6-3-5-1/h1-2H,(H,5,6)(H,7,8);1-3H. The lowest BCUT2D eigenvalue weighted by atomic mass is 10.5. The maximum Gasteiger partial charge on any atom is 0.328 e. The number of carbonyl (C=O) groups is 2. The molecule has 0 saturated heterocycles. The highest BCUT2D eigenvalue weighted by Gasteiger charge is 1.88. The fourth-order valence-electron chi connectivity index (χ4n) is 0.347. The molecule has 7 nitrogen and oxygen atoms in total. The zero-order valence-corrected chi connectivity index (χ0v) is 6.94. The van der Waals surface area contributed by atoms with Crippen LogP contribution in [0, 0.1) is 0 Å². The number of carboxylic acids is 2. The molecule has 0 unspecified atom stereocenters. The lowest BCUT2D eigenvalue weighted by Crippen LogP contribution is -1.91. The molecule has 0 radical (unpaired) electrons. The van der Waals surface area contributed by atoms with Gasteiger partial charge in [0.15, 0.2) is 0 Å². The Kier molecular flexibility index (Phi) is 6.13. The summed E-state index contributed by atoms with van der Waals surface area (Å²) in [5.74, 6) is -2.51. The van der Waals surface area contributed by atoms with E-state index in [1.54, 1.807) is 0 Å². The van der Waals surface area contributed by atoms with E-state index in [9.17, 15) is 9.59 Å². The summed E-state index contributed by atoms with van der Waals surface area (Å²) in [4.78, 5) is 29.8. The van der Waals surface area contributed by atoms with Crippen LogP contribution in [-0.2, 0) is 9.59 Å². The van der Waals surface area contributed by atoms with Gasteiger partial charge in [0.1, 0.15) is 19.0 Å². The number of hydrogen-bond acceptors (Lipinski definition) is 5. The highest BCUT2D eigenvalue weighted by molar-refractivity contribution is 5.89. The second kappa shape index (κ2) is 7.35. The molecule has 0 aliphatic rings. The van der Waals surface area contributed by atoms with Crippen LogP contribution in [0.3, 0.4) is 0 Å². The predicted octanol–water partition coefficient (Wildman–Crippen LogP) is -0.417. The highest BCUT2D eigenvalue weighted by atomic mass is 16.4. The summed E-state index contributed by atoms with van der Waals surface area (Å²) in [6.45, 7) is 0. The van der Waals surface area contributed by atoms with E-state index in [0.29, 0.717) is 12.2 Å². The van der Waals surface area contributed by atoms with Crippen molar-refractivity contribution in [3.63, 3.8) is 0 Å². The SMILES string of the molecule is O=C(O)C=CC(=O)O.c1ncncn1. The number of aromatic nitrogens is 3. The minimum Gasteiger partial charge on any atom is -0.478 e. The molecule has 7 heteroatoms. The van der Waals surface area contributed by atoms with Crippen molar-refractivity contribution in [1.29, 1.82) is 0 Å². The molecular formula is C7H7N3O4. The normalized spacial score (nSPS) is 8.86. The molecule has 2 N–H and O–H groups in total. The third kappa shape index (κ3) is 9.69. The summed E-state index contributed by atoms with van der Waals surface area (Å²) in [5.41, 5.74) is 0. The first-order valence-electron chi connectivity index (χ1n) is 3.32. The topological polar surface area (TPSA) is 113 Å². The molecule has 0 amide bonds. The average Bonchev–Trinajstić information content (AvgIpc) is 2.18. The molecule has 0 saturated carbocycles. The van der Waals surface area contributed by atoms with Gasteiger partial charge in [-0.15, -0.1) is 0 Å². The van der Waals surface area contributed by atoms with Gasteiger partial charge in [0.05, 0.1) is 0 Å². The quantitative estimate of drug-likeness (QED) is 0.619. The molecule has 0 atom stereocenters.